The van der Waals surface area contributed by atoms with E-state index in [1.54, 1.807) is 14.0 Å². The third-order valence-electron chi connectivity index (χ3n) is 6.25. The topological polar surface area (TPSA) is 65.0 Å². The van der Waals surface area contributed by atoms with E-state index in [1.807, 2.05) is 55.5 Å². The molecule has 0 amide bonds. The maximum atomic E-state index is 13.5. The Hall–Kier alpha value is -2.92. The van der Waals surface area contributed by atoms with Crippen LogP contribution in [0.25, 0.3) is 0 Å². The molecule has 0 saturated heterocycles. The average Bonchev–Trinajstić information content (AvgIpc) is 2.78. The van der Waals surface area contributed by atoms with Crippen molar-refractivity contribution in [2.75, 3.05) is 13.7 Å². The Morgan fingerprint density at radius 3 is 2.34 bits per heavy atom. The van der Waals surface area contributed by atoms with Gasteiger partial charge in [-0.3, -0.25) is 14.6 Å². The molecule has 4 rings (SSSR count). The third kappa shape index (κ3) is 4.22. The summed E-state index contributed by atoms with van der Waals surface area (Å²) in [5, 5.41) is 0.666. The van der Waals surface area contributed by atoms with Crippen LogP contribution in [-0.4, -0.2) is 31.2 Å². The highest BCUT2D eigenvalue weighted by Crippen LogP contribution is 2.47. The van der Waals surface area contributed by atoms with Gasteiger partial charge in [0.1, 0.15) is 11.7 Å². The maximum absolute atomic E-state index is 13.5. The summed E-state index contributed by atoms with van der Waals surface area (Å²) < 4.78 is 10.7. The normalized spacial score (nSPS) is 22.8. The quantitative estimate of drug-likeness (QED) is 0.564. The van der Waals surface area contributed by atoms with Crippen LogP contribution < -0.4 is 4.74 Å². The Morgan fingerprint density at radius 2 is 1.72 bits per heavy atom. The fraction of sp³-hybridized carbons (Fsp3) is 0.346. The van der Waals surface area contributed by atoms with E-state index in [2.05, 4.69) is 0 Å². The van der Waals surface area contributed by atoms with Gasteiger partial charge < -0.3 is 9.47 Å². The first-order valence-electron chi connectivity index (χ1n) is 10.8. The minimum Gasteiger partial charge on any atom is -0.497 e. The van der Waals surface area contributed by atoms with Crippen molar-refractivity contribution < 1.29 is 19.1 Å². The lowest BCUT2D eigenvalue weighted by molar-refractivity contribution is -0.146. The Balaban J connectivity index is 1.78. The number of halogens is 1. The standard InChI is InChI=1S/C26H26ClNO4/c1-4-32-26(30)23-15(2)28-21-13-18(16-5-9-19(27)10-6-16)14-22(29)25(21)24(23)17-7-11-20(31-3)12-8-17/h5-12,18,23-24H,4,13-14H2,1-3H3/t18-,23?,24-/m0/s1. The number of rotatable bonds is 5. The lowest BCUT2D eigenvalue weighted by Gasteiger charge is -2.36. The Kier molecular flexibility index (Phi) is 6.47. The van der Waals surface area contributed by atoms with Gasteiger partial charge >= 0.3 is 5.97 Å². The van der Waals surface area contributed by atoms with Gasteiger partial charge in [0.2, 0.25) is 0 Å². The van der Waals surface area contributed by atoms with Crippen molar-refractivity contribution in [3.63, 3.8) is 0 Å². The molecule has 0 spiro atoms. The average molecular weight is 452 g/mol. The van der Waals surface area contributed by atoms with Crippen LogP contribution in [0, 0.1) is 5.92 Å². The molecule has 2 aliphatic rings. The molecule has 32 heavy (non-hydrogen) atoms. The molecule has 1 aliphatic carbocycles. The van der Waals surface area contributed by atoms with Gasteiger partial charge in [0.15, 0.2) is 5.78 Å². The number of carbonyl (C=O) groups is 2. The van der Waals surface area contributed by atoms with Crippen molar-refractivity contribution in [3.8, 4) is 5.75 Å². The second-order valence-electron chi connectivity index (χ2n) is 8.17. The summed E-state index contributed by atoms with van der Waals surface area (Å²) in [6, 6.07) is 15.1. The number of hydrogen-bond acceptors (Lipinski definition) is 5. The molecule has 5 nitrogen and oxygen atoms in total. The van der Waals surface area contributed by atoms with E-state index in [9.17, 15) is 9.59 Å². The molecule has 6 heteroatoms. The smallest absolute Gasteiger partial charge is 0.315 e. The number of aliphatic imine (C=N–C) groups is 1. The number of ether oxygens (including phenoxy) is 2. The summed E-state index contributed by atoms with van der Waals surface area (Å²) in [6.45, 7) is 3.90. The number of hydrogen-bond donors (Lipinski definition) is 0. The van der Waals surface area contributed by atoms with E-state index >= 15 is 0 Å². The van der Waals surface area contributed by atoms with Crippen LogP contribution in [0.3, 0.4) is 0 Å². The summed E-state index contributed by atoms with van der Waals surface area (Å²) in [5.74, 6) is -0.629. The van der Waals surface area contributed by atoms with E-state index in [0.717, 1.165) is 22.6 Å². The fourth-order valence-electron chi connectivity index (χ4n) is 4.74. The molecule has 0 saturated carbocycles. The summed E-state index contributed by atoms with van der Waals surface area (Å²) in [7, 11) is 1.61. The highest BCUT2D eigenvalue weighted by molar-refractivity contribution is 6.30. The van der Waals surface area contributed by atoms with E-state index in [1.165, 1.54) is 0 Å². The van der Waals surface area contributed by atoms with Crippen LogP contribution in [0.5, 0.6) is 5.75 Å². The van der Waals surface area contributed by atoms with Gasteiger partial charge in [0, 0.05) is 34.3 Å². The third-order valence-corrected chi connectivity index (χ3v) is 6.50. The molecule has 3 atom stereocenters. The van der Waals surface area contributed by atoms with Crippen molar-refractivity contribution in [2.45, 2.75) is 38.5 Å². The first-order valence-corrected chi connectivity index (χ1v) is 11.2. The van der Waals surface area contributed by atoms with Gasteiger partial charge in [-0.1, -0.05) is 35.9 Å². The molecular formula is C26H26ClNO4. The van der Waals surface area contributed by atoms with E-state index in [4.69, 9.17) is 26.1 Å². The molecule has 0 radical (unpaired) electrons. The monoisotopic (exact) mass is 451 g/mol. The second kappa shape index (κ2) is 9.29. The molecule has 0 bridgehead atoms. The molecule has 1 heterocycles. The second-order valence-corrected chi connectivity index (χ2v) is 8.61. The minimum atomic E-state index is -0.627. The van der Waals surface area contributed by atoms with Crippen LogP contribution in [0.2, 0.25) is 5.02 Å². The van der Waals surface area contributed by atoms with E-state index < -0.39 is 11.8 Å². The van der Waals surface area contributed by atoms with Crippen LogP contribution in [0.1, 0.15) is 49.7 Å². The van der Waals surface area contributed by atoms with Crippen molar-refractivity contribution in [1.29, 1.82) is 0 Å². The predicted octanol–water partition coefficient (Wildman–Crippen LogP) is 5.49. The molecule has 2 aromatic carbocycles. The fourth-order valence-corrected chi connectivity index (χ4v) is 4.86. The van der Waals surface area contributed by atoms with Gasteiger partial charge in [0.05, 0.1) is 13.7 Å². The van der Waals surface area contributed by atoms with Gasteiger partial charge in [-0.05, 0) is 61.6 Å². The molecule has 166 valence electrons. The highest BCUT2D eigenvalue weighted by Gasteiger charge is 2.44. The lowest BCUT2D eigenvalue weighted by Crippen LogP contribution is -2.38. The Bertz CT molecular complexity index is 1090. The number of carbonyl (C=O) groups excluding carboxylic acids is 2. The summed E-state index contributed by atoms with van der Waals surface area (Å²) in [4.78, 5) is 31.2. The molecular weight excluding hydrogens is 426 g/mol. The molecule has 0 N–H and O–H groups in total. The minimum absolute atomic E-state index is 0.0255. The van der Waals surface area contributed by atoms with Crippen LogP contribution in [0.4, 0.5) is 0 Å². The summed E-state index contributed by atoms with van der Waals surface area (Å²) >= 11 is 6.04. The largest absolute Gasteiger partial charge is 0.497 e. The van der Waals surface area contributed by atoms with Crippen LogP contribution >= 0.6 is 11.6 Å². The highest BCUT2D eigenvalue weighted by atomic mass is 35.5. The molecule has 2 aromatic rings. The van der Waals surface area contributed by atoms with Gasteiger partial charge in [-0.15, -0.1) is 0 Å². The zero-order valence-corrected chi connectivity index (χ0v) is 19.2. The number of allylic oxidation sites excluding steroid dienone is 2. The zero-order valence-electron chi connectivity index (χ0n) is 18.4. The van der Waals surface area contributed by atoms with Crippen molar-refractivity contribution in [2.24, 2.45) is 10.9 Å². The summed E-state index contributed by atoms with van der Waals surface area (Å²) in [6.07, 6.45) is 1.01. The van der Waals surface area contributed by atoms with Gasteiger partial charge in [-0.25, -0.2) is 0 Å². The molecule has 0 aromatic heterocycles. The first kappa shape index (κ1) is 22.3. The lowest BCUT2D eigenvalue weighted by atomic mass is 9.69. The van der Waals surface area contributed by atoms with Gasteiger partial charge in [-0.2, -0.15) is 0 Å². The zero-order chi connectivity index (χ0) is 22.8. The van der Waals surface area contributed by atoms with Crippen molar-refractivity contribution >= 4 is 29.1 Å². The number of nitrogens with zero attached hydrogens (tertiary/aromatic N) is 1. The van der Waals surface area contributed by atoms with Crippen LogP contribution in [0.15, 0.2) is 64.8 Å². The number of Topliss-reactive ketones (excluding diaryl/α,β-unsaturated/α-hetero) is 1. The number of benzene rings is 2. The summed E-state index contributed by atoms with van der Waals surface area (Å²) in [5.41, 5.74) is 4.01. The predicted molar refractivity (Wildman–Crippen MR) is 124 cm³/mol. The number of esters is 1. The Labute approximate surface area is 193 Å². The Morgan fingerprint density at radius 1 is 1.06 bits per heavy atom. The van der Waals surface area contributed by atoms with Crippen molar-refractivity contribution in [3.05, 3.63) is 76.0 Å². The van der Waals surface area contributed by atoms with Crippen LogP contribution in [-0.2, 0) is 14.3 Å². The number of methoxy groups -OCH3 is 1. The van der Waals surface area contributed by atoms with Crippen molar-refractivity contribution in [1.82, 2.24) is 0 Å². The molecule has 1 aliphatic heterocycles. The first-order chi connectivity index (χ1) is 15.4. The maximum Gasteiger partial charge on any atom is 0.315 e. The molecule has 0 fully saturated rings. The van der Waals surface area contributed by atoms with E-state index in [-0.39, 0.29) is 24.3 Å². The SMILES string of the molecule is CCOC(=O)C1C(C)=NC2=C(C(=O)C[C@@H](c3ccc(Cl)cc3)C2)[C@H]1c1ccc(OC)cc1. The van der Waals surface area contributed by atoms with E-state index in [0.29, 0.717) is 29.1 Å². The van der Waals surface area contributed by atoms with Gasteiger partial charge in [0.25, 0.3) is 0 Å². The molecule has 1 unspecified atom stereocenters. The number of ketones is 1.